The predicted octanol–water partition coefficient (Wildman–Crippen LogP) is 1.83. The topological polar surface area (TPSA) is 74.0 Å². The molecule has 0 saturated carbocycles. The smallest absolute Gasteiger partial charge is 0.346 e. The number of ether oxygens (including phenoxy) is 1. The molecule has 2 aromatic heterocycles. The zero-order valence-electron chi connectivity index (χ0n) is 14.5. The molecular formula is C16H25Cl2N5O2. The Morgan fingerprint density at radius 1 is 1.40 bits per heavy atom. The Bertz CT molecular complexity index is 726. The zero-order chi connectivity index (χ0) is 16.2. The van der Waals surface area contributed by atoms with Crippen molar-refractivity contribution in [2.24, 2.45) is 0 Å². The average molecular weight is 390 g/mol. The number of piperidine rings is 1. The Labute approximate surface area is 159 Å². The van der Waals surface area contributed by atoms with Crippen LogP contribution in [0.25, 0.3) is 0 Å². The molecule has 1 atom stereocenters. The molecule has 3 heterocycles. The number of nitrogens with zero attached hydrogens (tertiary/aromatic N) is 4. The van der Waals surface area contributed by atoms with E-state index >= 15 is 0 Å². The summed E-state index contributed by atoms with van der Waals surface area (Å²) in [5, 5.41) is 7.99. The van der Waals surface area contributed by atoms with Gasteiger partial charge in [-0.25, -0.2) is 9.48 Å². The van der Waals surface area contributed by atoms with E-state index in [2.05, 4.69) is 15.4 Å². The monoisotopic (exact) mass is 389 g/mol. The van der Waals surface area contributed by atoms with Crippen LogP contribution in [0.5, 0.6) is 5.75 Å². The van der Waals surface area contributed by atoms with Crippen LogP contribution in [0.1, 0.15) is 37.2 Å². The number of halogens is 2. The average Bonchev–Trinajstić information content (AvgIpc) is 2.91. The van der Waals surface area contributed by atoms with Crippen LogP contribution in [-0.4, -0.2) is 39.5 Å². The minimum atomic E-state index is -0.0716. The van der Waals surface area contributed by atoms with Crippen molar-refractivity contribution in [3.63, 3.8) is 0 Å². The van der Waals surface area contributed by atoms with Crippen LogP contribution in [0.4, 0.5) is 0 Å². The molecule has 9 heteroatoms. The minimum absolute atomic E-state index is 0. The fourth-order valence-electron chi connectivity index (χ4n) is 3.06. The van der Waals surface area contributed by atoms with E-state index < -0.39 is 0 Å². The van der Waals surface area contributed by atoms with E-state index in [1.54, 1.807) is 23.9 Å². The predicted molar refractivity (Wildman–Crippen MR) is 101 cm³/mol. The molecule has 25 heavy (non-hydrogen) atoms. The maximum atomic E-state index is 12.6. The highest BCUT2D eigenvalue weighted by Gasteiger charge is 2.23. The standard InChI is InChI=1S/C16H23N5O2.2ClH/c1-3-20-15(12-5-4-7-17-10-12)19-21(16(20)22)11-13-9-14(23-2)6-8-18-13;;/h6,8-9,12,17H,3-5,7,10-11H2,1-2H3;2*1H. The molecule has 0 aliphatic carbocycles. The van der Waals surface area contributed by atoms with Crippen LogP contribution in [0.2, 0.25) is 0 Å². The number of methoxy groups -OCH3 is 1. The van der Waals surface area contributed by atoms with Gasteiger partial charge in [0.1, 0.15) is 11.6 Å². The number of rotatable bonds is 5. The van der Waals surface area contributed by atoms with Crippen molar-refractivity contribution in [2.75, 3.05) is 20.2 Å². The molecule has 0 spiro atoms. The van der Waals surface area contributed by atoms with Gasteiger partial charge in [0.2, 0.25) is 0 Å². The molecule has 1 N–H and O–H groups in total. The van der Waals surface area contributed by atoms with Gasteiger partial charge in [0.25, 0.3) is 0 Å². The summed E-state index contributed by atoms with van der Waals surface area (Å²) in [5.41, 5.74) is 0.693. The summed E-state index contributed by atoms with van der Waals surface area (Å²) in [4.78, 5) is 16.9. The van der Waals surface area contributed by atoms with Crippen molar-refractivity contribution in [2.45, 2.75) is 38.8 Å². The number of nitrogens with one attached hydrogen (secondary N) is 1. The number of hydrogen-bond acceptors (Lipinski definition) is 5. The van der Waals surface area contributed by atoms with Crippen molar-refractivity contribution in [1.82, 2.24) is 24.6 Å². The molecule has 7 nitrogen and oxygen atoms in total. The molecule has 1 aliphatic heterocycles. The lowest BCUT2D eigenvalue weighted by atomic mass is 9.99. The van der Waals surface area contributed by atoms with Crippen LogP contribution in [0.3, 0.4) is 0 Å². The third-order valence-electron chi connectivity index (χ3n) is 4.27. The summed E-state index contributed by atoms with van der Waals surface area (Å²) in [6.45, 7) is 4.90. The maximum absolute atomic E-state index is 12.6. The van der Waals surface area contributed by atoms with Crippen molar-refractivity contribution in [1.29, 1.82) is 0 Å². The van der Waals surface area contributed by atoms with Gasteiger partial charge >= 0.3 is 5.69 Å². The Morgan fingerprint density at radius 2 is 2.20 bits per heavy atom. The molecule has 140 valence electrons. The van der Waals surface area contributed by atoms with Crippen LogP contribution < -0.4 is 15.7 Å². The molecule has 0 amide bonds. The van der Waals surface area contributed by atoms with E-state index in [9.17, 15) is 4.79 Å². The Hall–Kier alpha value is -1.57. The Morgan fingerprint density at radius 3 is 2.84 bits per heavy atom. The molecule has 3 rings (SSSR count). The van der Waals surface area contributed by atoms with E-state index in [-0.39, 0.29) is 30.5 Å². The fraction of sp³-hybridized carbons (Fsp3) is 0.562. The summed E-state index contributed by atoms with van der Waals surface area (Å²) in [5.74, 6) is 1.91. The van der Waals surface area contributed by atoms with Gasteiger partial charge in [-0.3, -0.25) is 9.55 Å². The van der Waals surface area contributed by atoms with Gasteiger partial charge in [0, 0.05) is 31.3 Å². The molecule has 0 bridgehead atoms. The van der Waals surface area contributed by atoms with Crippen LogP contribution in [0.15, 0.2) is 23.1 Å². The van der Waals surface area contributed by atoms with Gasteiger partial charge in [0.05, 0.1) is 19.3 Å². The molecule has 1 aliphatic rings. The van der Waals surface area contributed by atoms with Gasteiger partial charge < -0.3 is 10.1 Å². The second kappa shape index (κ2) is 9.79. The van der Waals surface area contributed by atoms with Crippen LogP contribution in [-0.2, 0) is 13.1 Å². The summed E-state index contributed by atoms with van der Waals surface area (Å²) < 4.78 is 8.49. The third-order valence-corrected chi connectivity index (χ3v) is 4.27. The number of aromatic nitrogens is 4. The maximum Gasteiger partial charge on any atom is 0.346 e. The second-order valence-corrected chi connectivity index (χ2v) is 5.77. The first-order chi connectivity index (χ1) is 11.2. The van der Waals surface area contributed by atoms with Crippen LogP contribution >= 0.6 is 24.8 Å². The highest BCUT2D eigenvalue weighted by molar-refractivity contribution is 5.85. The van der Waals surface area contributed by atoms with Gasteiger partial charge in [-0.1, -0.05) is 0 Å². The molecule has 1 unspecified atom stereocenters. The molecule has 1 fully saturated rings. The number of pyridine rings is 1. The largest absolute Gasteiger partial charge is 0.497 e. The first-order valence-corrected chi connectivity index (χ1v) is 8.10. The second-order valence-electron chi connectivity index (χ2n) is 5.77. The van der Waals surface area contributed by atoms with E-state index in [4.69, 9.17) is 4.74 Å². The first kappa shape index (κ1) is 21.5. The van der Waals surface area contributed by atoms with E-state index in [0.29, 0.717) is 19.0 Å². The van der Waals surface area contributed by atoms with E-state index in [0.717, 1.165) is 43.2 Å². The molecule has 0 radical (unpaired) electrons. The number of hydrogen-bond donors (Lipinski definition) is 1. The van der Waals surface area contributed by atoms with Crippen molar-refractivity contribution in [3.05, 3.63) is 40.3 Å². The van der Waals surface area contributed by atoms with Crippen LogP contribution in [0, 0.1) is 0 Å². The Balaban J connectivity index is 0.00000156. The molecule has 0 aromatic carbocycles. The van der Waals surface area contributed by atoms with Crippen molar-refractivity contribution >= 4 is 24.8 Å². The molecule has 1 saturated heterocycles. The van der Waals surface area contributed by atoms with Crippen molar-refractivity contribution < 1.29 is 4.74 Å². The molecular weight excluding hydrogens is 365 g/mol. The normalized spacial score (nSPS) is 16.6. The summed E-state index contributed by atoms with van der Waals surface area (Å²) >= 11 is 0. The van der Waals surface area contributed by atoms with Crippen molar-refractivity contribution in [3.8, 4) is 5.75 Å². The Kier molecular flexibility index (Phi) is 8.41. The summed E-state index contributed by atoms with van der Waals surface area (Å²) in [6.07, 6.45) is 3.87. The fourth-order valence-corrected chi connectivity index (χ4v) is 3.06. The third kappa shape index (κ3) is 4.74. The van der Waals surface area contributed by atoms with E-state index in [1.807, 2.05) is 13.0 Å². The van der Waals surface area contributed by atoms with Gasteiger partial charge in [-0.2, -0.15) is 5.10 Å². The van der Waals surface area contributed by atoms with Gasteiger partial charge in [-0.05, 0) is 32.4 Å². The van der Waals surface area contributed by atoms with Gasteiger partial charge in [0.15, 0.2) is 0 Å². The lowest BCUT2D eigenvalue weighted by Gasteiger charge is -2.21. The highest BCUT2D eigenvalue weighted by Crippen LogP contribution is 2.20. The first-order valence-electron chi connectivity index (χ1n) is 8.10. The lowest BCUT2D eigenvalue weighted by molar-refractivity contribution is 0.413. The summed E-state index contributed by atoms with van der Waals surface area (Å²) in [7, 11) is 1.62. The zero-order valence-corrected chi connectivity index (χ0v) is 16.1. The quantitative estimate of drug-likeness (QED) is 0.843. The van der Waals surface area contributed by atoms with Gasteiger partial charge in [-0.15, -0.1) is 24.8 Å². The SMILES string of the molecule is CCn1c(C2CCCNC2)nn(Cc2cc(OC)ccn2)c1=O.Cl.Cl. The highest BCUT2D eigenvalue weighted by atomic mass is 35.5. The summed E-state index contributed by atoms with van der Waals surface area (Å²) in [6, 6.07) is 3.62. The lowest BCUT2D eigenvalue weighted by Crippen LogP contribution is -2.31. The minimum Gasteiger partial charge on any atom is -0.497 e. The van der Waals surface area contributed by atoms with E-state index in [1.165, 1.54) is 4.68 Å². The molecule has 2 aromatic rings.